The van der Waals surface area contributed by atoms with Crippen LogP contribution in [0.15, 0.2) is 46.6 Å². The van der Waals surface area contributed by atoms with Gasteiger partial charge in [-0.05, 0) is 12.8 Å². The zero-order valence-corrected chi connectivity index (χ0v) is 11.5. The molecule has 2 aliphatic carbocycles. The van der Waals surface area contributed by atoms with Gasteiger partial charge in [0.25, 0.3) is 0 Å². The average molecular weight is 255 g/mol. The third-order valence-electron chi connectivity index (χ3n) is 2.77. The molecule has 2 aliphatic rings. The van der Waals surface area contributed by atoms with Crippen molar-refractivity contribution in [2.24, 2.45) is 0 Å². The second-order valence-electron chi connectivity index (χ2n) is 3.77. The predicted octanol–water partition coefficient (Wildman–Crippen LogP) is 0.745. The summed E-state index contributed by atoms with van der Waals surface area (Å²) in [5.41, 5.74) is 5.82. The largest absolute Gasteiger partial charge is 2.00 e. The fourth-order valence-electron chi connectivity index (χ4n) is 1.82. The summed E-state index contributed by atoms with van der Waals surface area (Å²) in [7, 11) is 0. The Morgan fingerprint density at radius 3 is 1.60 bits per heavy atom. The Bertz CT molecular complexity index is 312. The molecule has 2 rings (SSSR count). The molecule has 0 unspecified atom stereocenters. The fraction of sp³-hybridized carbons (Fsp3) is 0.308. The van der Waals surface area contributed by atoms with E-state index in [9.17, 15) is 0 Å². The maximum atomic E-state index is 2.35. The SMILES string of the molecule is CC1=C([CH-]C2=C(C)C=CC2)CC=C1.[Cl-].[Ti+2]. The molecule has 0 aromatic rings. The summed E-state index contributed by atoms with van der Waals surface area (Å²) < 4.78 is 0. The Morgan fingerprint density at radius 2 is 1.33 bits per heavy atom. The molecular formula is C13H15ClTi. The molecule has 0 aromatic carbocycles. The van der Waals surface area contributed by atoms with Crippen LogP contribution in [0.25, 0.3) is 0 Å². The molecule has 0 saturated heterocycles. The summed E-state index contributed by atoms with van der Waals surface area (Å²) in [4.78, 5) is 0. The van der Waals surface area contributed by atoms with Crippen molar-refractivity contribution in [2.75, 3.05) is 0 Å². The van der Waals surface area contributed by atoms with E-state index in [0.717, 1.165) is 12.8 Å². The standard InChI is InChI=1S/C13H15.ClH.Ti/c1-10-5-3-7-12(10)9-13-8-4-6-11(13)2;;/h3-6,9H,7-8H2,1-2H3;1H;/q-1;;+2/p-1. The average Bonchev–Trinajstić information content (AvgIpc) is 2.65. The zero-order valence-electron chi connectivity index (χ0n) is 9.18. The van der Waals surface area contributed by atoms with Crippen molar-refractivity contribution in [3.05, 3.63) is 53.0 Å². The molecule has 0 amide bonds. The van der Waals surface area contributed by atoms with Gasteiger partial charge in [-0.1, -0.05) is 26.0 Å². The first-order chi connectivity index (χ1) is 6.27. The van der Waals surface area contributed by atoms with Gasteiger partial charge in [0, 0.05) is 0 Å². The van der Waals surface area contributed by atoms with Crippen LogP contribution in [0.2, 0.25) is 0 Å². The Hall–Kier alpha value is -0.166. The topological polar surface area (TPSA) is 0 Å². The van der Waals surface area contributed by atoms with Crippen molar-refractivity contribution in [2.45, 2.75) is 26.7 Å². The van der Waals surface area contributed by atoms with E-state index in [1.165, 1.54) is 22.3 Å². The molecule has 0 aromatic heterocycles. The van der Waals surface area contributed by atoms with Crippen LogP contribution in [-0.2, 0) is 21.7 Å². The third kappa shape index (κ3) is 3.41. The maximum Gasteiger partial charge on any atom is 2.00 e. The molecular weight excluding hydrogens is 239 g/mol. The quantitative estimate of drug-likeness (QED) is 0.504. The molecule has 0 aliphatic heterocycles. The van der Waals surface area contributed by atoms with Gasteiger partial charge in [-0.15, -0.1) is 34.4 Å². The molecule has 0 atom stereocenters. The van der Waals surface area contributed by atoms with Gasteiger partial charge in [0.15, 0.2) is 0 Å². The van der Waals surface area contributed by atoms with E-state index in [1.807, 2.05) is 0 Å². The normalized spacial score (nSPS) is 18.0. The maximum absolute atomic E-state index is 2.35. The second-order valence-corrected chi connectivity index (χ2v) is 3.77. The second kappa shape index (κ2) is 6.42. The molecule has 0 nitrogen and oxygen atoms in total. The van der Waals surface area contributed by atoms with Gasteiger partial charge in [0.05, 0.1) is 0 Å². The Labute approximate surface area is 114 Å². The first kappa shape index (κ1) is 14.8. The summed E-state index contributed by atoms with van der Waals surface area (Å²) in [6, 6.07) is 0. The number of halogens is 1. The van der Waals surface area contributed by atoms with Gasteiger partial charge in [-0.3, -0.25) is 0 Å². The minimum absolute atomic E-state index is 0. The molecule has 0 fully saturated rings. The molecule has 0 spiro atoms. The molecule has 0 N–H and O–H groups in total. The molecule has 0 bridgehead atoms. The predicted molar refractivity (Wildman–Crippen MR) is 57.2 cm³/mol. The molecule has 0 radical (unpaired) electrons. The monoisotopic (exact) mass is 254 g/mol. The summed E-state index contributed by atoms with van der Waals surface area (Å²) in [6.45, 7) is 4.38. The molecule has 15 heavy (non-hydrogen) atoms. The van der Waals surface area contributed by atoms with Crippen molar-refractivity contribution in [1.29, 1.82) is 0 Å². The molecule has 0 heterocycles. The van der Waals surface area contributed by atoms with Crippen LogP contribution in [0.3, 0.4) is 0 Å². The number of hydrogen-bond acceptors (Lipinski definition) is 0. The van der Waals surface area contributed by atoms with Crippen molar-refractivity contribution < 1.29 is 34.1 Å². The number of hydrogen-bond donors (Lipinski definition) is 0. The molecule has 78 valence electrons. The Balaban J connectivity index is 0.000000980. The van der Waals surface area contributed by atoms with E-state index < -0.39 is 0 Å². The van der Waals surface area contributed by atoms with Gasteiger partial charge >= 0.3 is 21.7 Å². The van der Waals surface area contributed by atoms with E-state index in [-0.39, 0.29) is 34.1 Å². The van der Waals surface area contributed by atoms with Crippen molar-refractivity contribution in [3.8, 4) is 0 Å². The van der Waals surface area contributed by atoms with E-state index in [0.29, 0.717) is 0 Å². The van der Waals surface area contributed by atoms with Gasteiger partial charge < -0.3 is 12.4 Å². The van der Waals surface area contributed by atoms with Gasteiger partial charge in [-0.2, -0.15) is 6.42 Å². The number of rotatable bonds is 2. The van der Waals surface area contributed by atoms with Crippen molar-refractivity contribution in [1.82, 2.24) is 0 Å². The van der Waals surface area contributed by atoms with Crippen LogP contribution in [0.5, 0.6) is 0 Å². The zero-order chi connectivity index (χ0) is 9.26. The van der Waals surface area contributed by atoms with Crippen molar-refractivity contribution in [3.63, 3.8) is 0 Å². The fourth-order valence-corrected chi connectivity index (χ4v) is 1.82. The van der Waals surface area contributed by atoms with E-state index in [4.69, 9.17) is 0 Å². The van der Waals surface area contributed by atoms with Crippen LogP contribution < -0.4 is 12.4 Å². The van der Waals surface area contributed by atoms with Crippen LogP contribution in [-0.4, -0.2) is 0 Å². The molecule has 0 saturated carbocycles. The minimum atomic E-state index is 0. The van der Waals surface area contributed by atoms with Gasteiger partial charge in [0.1, 0.15) is 0 Å². The summed E-state index contributed by atoms with van der Waals surface area (Å²) in [5, 5.41) is 0. The van der Waals surface area contributed by atoms with Crippen molar-refractivity contribution >= 4 is 0 Å². The third-order valence-corrected chi connectivity index (χ3v) is 2.77. The Kier molecular flexibility index (Phi) is 6.35. The summed E-state index contributed by atoms with van der Waals surface area (Å²) in [6.07, 6.45) is 13.5. The smallest absolute Gasteiger partial charge is 1.00 e. The summed E-state index contributed by atoms with van der Waals surface area (Å²) >= 11 is 0. The van der Waals surface area contributed by atoms with Crippen LogP contribution >= 0.6 is 0 Å². The van der Waals surface area contributed by atoms with E-state index in [2.05, 4.69) is 44.6 Å². The van der Waals surface area contributed by atoms with Crippen LogP contribution in [0.4, 0.5) is 0 Å². The van der Waals surface area contributed by atoms with Gasteiger partial charge in [-0.25, -0.2) is 0 Å². The first-order valence-corrected chi connectivity index (χ1v) is 4.84. The molecule has 2 heteroatoms. The Morgan fingerprint density at radius 1 is 0.933 bits per heavy atom. The number of allylic oxidation sites excluding steroid dienone is 8. The van der Waals surface area contributed by atoms with E-state index >= 15 is 0 Å². The van der Waals surface area contributed by atoms with Gasteiger partial charge in [0.2, 0.25) is 0 Å². The van der Waals surface area contributed by atoms with E-state index in [1.54, 1.807) is 0 Å². The summed E-state index contributed by atoms with van der Waals surface area (Å²) in [5.74, 6) is 0. The minimum Gasteiger partial charge on any atom is -1.00 e. The first-order valence-electron chi connectivity index (χ1n) is 4.84. The van der Waals surface area contributed by atoms with Crippen LogP contribution in [0.1, 0.15) is 26.7 Å². The van der Waals surface area contributed by atoms with Crippen LogP contribution in [0, 0.1) is 6.42 Å².